The lowest BCUT2D eigenvalue weighted by molar-refractivity contribution is 0.0948. The molecule has 108 valence electrons. The van der Waals surface area contributed by atoms with Gasteiger partial charge in [0.15, 0.2) is 5.78 Å². The zero-order valence-corrected chi connectivity index (χ0v) is 13.5. The SMILES string of the molecule is O=C(c1ccccc1)C(C1CCCCC1)[SiH]1CCCC1. The minimum atomic E-state index is -0.846. The zero-order chi connectivity index (χ0) is 13.8. The van der Waals surface area contributed by atoms with Crippen molar-refractivity contribution in [3.05, 3.63) is 35.9 Å². The summed E-state index contributed by atoms with van der Waals surface area (Å²) in [5, 5.41) is 0. The molecule has 1 nitrogen and oxygen atoms in total. The summed E-state index contributed by atoms with van der Waals surface area (Å²) in [5.41, 5.74) is 1.42. The van der Waals surface area contributed by atoms with Gasteiger partial charge in [-0.25, -0.2) is 0 Å². The van der Waals surface area contributed by atoms with Gasteiger partial charge in [0.2, 0.25) is 0 Å². The van der Waals surface area contributed by atoms with Gasteiger partial charge in [-0.1, -0.05) is 87.4 Å². The Kier molecular flexibility index (Phi) is 4.72. The molecule has 1 unspecified atom stereocenters. The highest BCUT2D eigenvalue weighted by molar-refractivity contribution is 6.66. The number of carbonyl (C=O) groups is 1. The first-order chi connectivity index (χ1) is 9.86. The molecule has 1 saturated heterocycles. The fourth-order valence-corrected chi connectivity index (χ4v) is 8.83. The minimum Gasteiger partial charge on any atom is -0.294 e. The van der Waals surface area contributed by atoms with E-state index in [-0.39, 0.29) is 0 Å². The summed E-state index contributed by atoms with van der Waals surface area (Å²) < 4.78 is 0. The van der Waals surface area contributed by atoms with E-state index in [2.05, 4.69) is 0 Å². The molecule has 2 aliphatic rings. The van der Waals surface area contributed by atoms with E-state index >= 15 is 0 Å². The highest BCUT2D eigenvalue weighted by atomic mass is 28.3. The van der Waals surface area contributed by atoms with Gasteiger partial charge < -0.3 is 0 Å². The van der Waals surface area contributed by atoms with Gasteiger partial charge in [-0.15, -0.1) is 0 Å². The van der Waals surface area contributed by atoms with Gasteiger partial charge in [0, 0.05) is 19.9 Å². The second-order valence-corrected chi connectivity index (χ2v) is 10.1. The van der Waals surface area contributed by atoms with Crippen molar-refractivity contribution in [3.8, 4) is 0 Å². The molecule has 0 radical (unpaired) electrons. The first-order valence-electron chi connectivity index (χ1n) is 8.45. The van der Waals surface area contributed by atoms with Crippen LogP contribution in [0.4, 0.5) is 0 Å². The molecule has 20 heavy (non-hydrogen) atoms. The molecule has 0 amide bonds. The molecule has 1 aromatic carbocycles. The Morgan fingerprint density at radius 2 is 1.60 bits per heavy atom. The summed E-state index contributed by atoms with van der Waals surface area (Å²) in [5.74, 6) is 1.21. The smallest absolute Gasteiger partial charge is 0.163 e. The van der Waals surface area contributed by atoms with Gasteiger partial charge in [0.25, 0.3) is 0 Å². The Morgan fingerprint density at radius 3 is 2.25 bits per heavy atom. The topological polar surface area (TPSA) is 17.1 Å². The third kappa shape index (κ3) is 3.06. The number of Topliss-reactive ketones (excluding diaryl/α,β-unsaturated/α-hetero) is 1. The molecular weight excluding hydrogens is 260 g/mol. The Hall–Kier alpha value is -0.893. The number of ketones is 1. The highest BCUT2D eigenvalue weighted by Gasteiger charge is 2.38. The number of hydrogen-bond acceptors (Lipinski definition) is 1. The van der Waals surface area contributed by atoms with Crippen LogP contribution < -0.4 is 0 Å². The molecule has 0 N–H and O–H groups in total. The van der Waals surface area contributed by atoms with Crippen molar-refractivity contribution >= 4 is 14.6 Å². The quantitative estimate of drug-likeness (QED) is 0.572. The minimum absolute atomic E-state index is 0.445. The number of carbonyl (C=O) groups excluding carboxylic acids is 1. The van der Waals surface area contributed by atoms with E-state index in [1.54, 1.807) is 0 Å². The molecule has 0 spiro atoms. The lowest BCUT2D eigenvalue weighted by Crippen LogP contribution is -2.32. The third-order valence-corrected chi connectivity index (χ3v) is 9.59. The molecule has 2 fully saturated rings. The number of rotatable bonds is 4. The van der Waals surface area contributed by atoms with Crippen molar-refractivity contribution in [1.82, 2.24) is 0 Å². The van der Waals surface area contributed by atoms with E-state index in [0.29, 0.717) is 17.2 Å². The van der Waals surface area contributed by atoms with Crippen molar-refractivity contribution in [2.45, 2.75) is 62.6 Å². The molecule has 0 bridgehead atoms. The lowest BCUT2D eigenvalue weighted by atomic mass is 9.84. The van der Waals surface area contributed by atoms with Crippen molar-refractivity contribution in [2.24, 2.45) is 5.92 Å². The van der Waals surface area contributed by atoms with Gasteiger partial charge in [0.1, 0.15) is 0 Å². The summed E-state index contributed by atoms with van der Waals surface area (Å²) in [6.45, 7) is 0. The van der Waals surface area contributed by atoms with Crippen LogP contribution in [0.3, 0.4) is 0 Å². The zero-order valence-electron chi connectivity index (χ0n) is 12.4. The Morgan fingerprint density at radius 1 is 0.950 bits per heavy atom. The Bertz CT molecular complexity index is 430. The largest absolute Gasteiger partial charge is 0.294 e. The van der Waals surface area contributed by atoms with Gasteiger partial charge in [0.05, 0.1) is 0 Å². The normalized spacial score (nSPS) is 22.8. The standard InChI is InChI=1S/C18H26OSi/c19-17(15-9-3-1-4-10-15)18(20-13-7-8-14-20)16-11-5-2-6-12-16/h1,3-4,9-10,16,18,20H,2,5-8,11-14H2. The highest BCUT2D eigenvalue weighted by Crippen LogP contribution is 2.42. The molecule has 1 atom stereocenters. The predicted molar refractivity (Wildman–Crippen MR) is 87.1 cm³/mol. The van der Waals surface area contributed by atoms with Gasteiger partial charge in [-0.05, 0) is 5.92 Å². The average Bonchev–Trinajstić information content (AvgIpc) is 3.03. The van der Waals surface area contributed by atoms with Crippen LogP contribution in [-0.4, -0.2) is 14.6 Å². The van der Waals surface area contributed by atoms with Gasteiger partial charge >= 0.3 is 0 Å². The molecular formula is C18H26OSi. The van der Waals surface area contributed by atoms with E-state index in [0.717, 1.165) is 5.56 Å². The second kappa shape index (κ2) is 6.71. The van der Waals surface area contributed by atoms with Crippen LogP contribution in [0.15, 0.2) is 30.3 Å². The molecule has 1 saturated carbocycles. The van der Waals surface area contributed by atoms with Crippen molar-refractivity contribution < 1.29 is 4.79 Å². The van der Waals surface area contributed by atoms with E-state index in [4.69, 9.17) is 0 Å². The Labute approximate surface area is 124 Å². The summed E-state index contributed by atoms with van der Waals surface area (Å²) in [4.78, 5) is 13.1. The third-order valence-electron chi connectivity index (χ3n) is 5.43. The van der Waals surface area contributed by atoms with E-state index in [1.165, 1.54) is 57.0 Å². The fraction of sp³-hybridized carbons (Fsp3) is 0.611. The second-order valence-electron chi connectivity index (χ2n) is 6.70. The molecule has 1 aliphatic carbocycles. The number of hydrogen-bond donors (Lipinski definition) is 0. The molecule has 1 aliphatic heterocycles. The molecule has 3 rings (SSSR count). The first-order valence-corrected chi connectivity index (χ1v) is 10.8. The van der Waals surface area contributed by atoms with Crippen LogP contribution in [0.5, 0.6) is 0 Å². The average molecular weight is 286 g/mol. The molecule has 1 heterocycles. The van der Waals surface area contributed by atoms with Crippen molar-refractivity contribution in [1.29, 1.82) is 0 Å². The predicted octanol–water partition coefficient (Wildman–Crippen LogP) is 4.84. The first kappa shape index (κ1) is 14.1. The van der Waals surface area contributed by atoms with Crippen molar-refractivity contribution in [3.63, 3.8) is 0 Å². The van der Waals surface area contributed by atoms with E-state index < -0.39 is 8.80 Å². The number of benzene rings is 1. The summed E-state index contributed by atoms with van der Waals surface area (Å²) in [6, 6.07) is 12.9. The van der Waals surface area contributed by atoms with Crippen LogP contribution in [0.25, 0.3) is 0 Å². The van der Waals surface area contributed by atoms with E-state index in [1.807, 2.05) is 30.3 Å². The summed E-state index contributed by atoms with van der Waals surface area (Å²) in [7, 11) is -0.846. The maximum Gasteiger partial charge on any atom is 0.163 e. The lowest BCUT2D eigenvalue weighted by Gasteiger charge is -2.32. The van der Waals surface area contributed by atoms with E-state index in [9.17, 15) is 4.79 Å². The van der Waals surface area contributed by atoms with Crippen LogP contribution in [0.1, 0.15) is 55.3 Å². The summed E-state index contributed by atoms with van der Waals surface area (Å²) in [6.07, 6.45) is 9.49. The molecule has 0 aromatic heterocycles. The summed E-state index contributed by atoms with van der Waals surface area (Å²) >= 11 is 0. The monoisotopic (exact) mass is 286 g/mol. The van der Waals surface area contributed by atoms with Crippen molar-refractivity contribution in [2.75, 3.05) is 0 Å². The van der Waals surface area contributed by atoms with Gasteiger partial charge in [-0.2, -0.15) is 0 Å². The molecule has 1 aromatic rings. The van der Waals surface area contributed by atoms with Gasteiger partial charge in [-0.3, -0.25) is 4.79 Å². The van der Waals surface area contributed by atoms with Crippen LogP contribution in [-0.2, 0) is 0 Å². The maximum atomic E-state index is 13.1. The maximum absolute atomic E-state index is 13.1. The Balaban J connectivity index is 1.82. The van der Waals surface area contributed by atoms with Crippen LogP contribution >= 0.6 is 0 Å². The fourth-order valence-electron chi connectivity index (χ4n) is 4.42. The van der Waals surface area contributed by atoms with Crippen LogP contribution in [0.2, 0.25) is 17.6 Å². The van der Waals surface area contributed by atoms with Crippen LogP contribution in [0, 0.1) is 5.92 Å². The molecule has 2 heteroatoms.